The first kappa shape index (κ1) is 13.2. The minimum absolute atomic E-state index is 0.590. The van der Waals surface area contributed by atoms with Gasteiger partial charge in [-0.25, -0.2) is 0 Å². The number of hydrogen-bond donors (Lipinski definition) is 1. The van der Waals surface area contributed by atoms with Crippen molar-refractivity contribution in [3.63, 3.8) is 0 Å². The van der Waals surface area contributed by atoms with Crippen molar-refractivity contribution < 1.29 is 4.52 Å². The molecule has 0 aliphatic rings. The van der Waals surface area contributed by atoms with Crippen molar-refractivity contribution in [2.45, 2.75) is 59.5 Å². The van der Waals surface area contributed by atoms with Crippen molar-refractivity contribution >= 4 is 0 Å². The third kappa shape index (κ3) is 4.35. The zero-order valence-corrected chi connectivity index (χ0v) is 10.9. The third-order valence-corrected chi connectivity index (χ3v) is 3.13. The Labute approximate surface area is 98.6 Å². The largest absolute Gasteiger partial charge is 0.361 e. The van der Waals surface area contributed by atoms with Crippen molar-refractivity contribution in [3.05, 3.63) is 17.5 Å². The lowest BCUT2D eigenvalue weighted by atomic mass is 9.98. The Morgan fingerprint density at radius 2 is 2.12 bits per heavy atom. The van der Waals surface area contributed by atoms with Gasteiger partial charge in [-0.3, -0.25) is 0 Å². The van der Waals surface area contributed by atoms with E-state index in [0.717, 1.165) is 23.9 Å². The average Bonchev–Trinajstić information content (AvgIpc) is 2.69. The lowest BCUT2D eigenvalue weighted by Gasteiger charge is -2.19. The molecule has 0 aliphatic carbocycles. The van der Waals surface area contributed by atoms with Crippen LogP contribution in [0.3, 0.4) is 0 Å². The van der Waals surface area contributed by atoms with E-state index in [0.29, 0.717) is 6.04 Å². The van der Waals surface area contributed by atoms with Gasteiger partial charge in [0.05, 0.1) is 5.69 Å². The Morgan fingerprint density at radius 1 is 1.38 bits per heavy atom. The van der Waals surface area contributed by atoms with Crippen LogP contribution in [0.4, 0.5) is 0 Å². The molecule has 0 bridgehead atoms. The van der Waals surface area contributed by atoms with Crippen LogP contribution in [-0.4, -0.2) is 11.2 Å². The Bertz CT molecular complexity index is 296. The molecule has 1 rings (SSSR count). The van der Waals surface area contributed by atoms with E-state index in [9.17, 15) is 0 Å². The summed E-state index contributed by atoms with van der Waals surface area (Å²) in [5, 5.41) is 7.53. The summed E-state index contributed by atoms with van der Waals surface area (Å²) in [7, 11) is 0. The maximum absolute atomic E-state index is 5.04. The van der Waals surface area contributed by atoms with Gasteiger partial charge < -0.3 is 9.84 Å². The molecule has 1 aromatic rings. The van der Waals surface area contributed by atoms with Crippen molar-refractivity contribution in [2.75, 3.05) is 0 Å². The zero-order valence-electron chi connectivity index (χ0n) is 10.9. The van der Waals surface area contributed by atoms with Gasteiger partial charge >= 0.3 is 0 Å². The first-order valence-electron chi connectivity index (χ1n) is 6.31. The van der Waals surface area contributed by atoms with Gasteiger partial charge in [-0.1, -0.05) is 32.3 Å². The summed E-state index contributed by atoms with van der Waals surface area (Å²) in [6.07, 6.45) is 3.66. The molecule has 1 heterocycles. The van der Waals surface area contributed by atoms with Gasteiger partial charge in [-0.05, 0) is 25.7 Å². The molecule has 0 radical (unpaired) electrons. The predicted molar refractivity (Wildman–Crippen MR) is 66.2 cm³/mol. The van der Waals surface area contributed by atoms with Gasteiger partial charge in [0.15, 0.2) is 0 Å². The smallest absolute Gasteiger partial charge is 0.133 e. The van der Waals surface area contributed by atoms with Crippen LogP contribution >= 0.6 is 0 Å². The van der Waals surface area contributed by atoms with E-state index in [4.69, 9.17) is 4.52 Å². The van der Waals surface area contributed by atoms with E-state index in [1.165, 1.54) is 19.3 Å². The van der Waals surface area contributed by atoms with Crippen LogP contribution in [-0.2, 0) is 6.54 Å². The minimum atomic E-state index is 0.590. The first-order valence-corrected chi connectivity index (χ1v) is 6.31. The summed E-state index contributed by atoms with van der Waals surface area (Å²) in [6.45, 7) is 9.52. The first-order chi connectivity index (χ1) is 7.65. The van der Waals surface area contributed by atoms with Gasteiger partial charge in [-0.2, -0.15) is 0 Å². The van der Waals surface area contributed by atoms with Crippen molar-refractivity contribution in [2.24, 2.45) is 5.92 Å². The number of rotatable bonds is 7. The van der Waals surface area contributed by atoms with E-state index in [1.807, 2.05) is 13.0 Å². The second kappa shape index (κ2) is 6.69. The summed E-state index contributed by atoms with van der Waals surface area (Å²) in [5.41, 5.74) is 1.00. The monoisotopic (exact) mass is 224 g/mol. The van der Waals surface area contributed by atoms with Gasteiger partial charge in [0.2, 0.25) is 0 Å². The van der Waals surface area contributed by atoms with E-state index < -0.39 is 0 Å². The molecule has 2 unspecified atom stereocenters. The van der Waals surface area contributed by atoms with E-state index in [-0.39, 0.29) is 0 Å². The molecule has 0 fully saturated rings. The molecule has 0 aromatic carbocycles. The minimum Gasteiger partial charge on any atom is -0.361 e. The fraction of sp³-hybridized carbons (Fsp3) is 0.769. The second-order valence-electron chi connectivity index (χ2n) is 4.66. The Hall–Kier alpha value is -0.830. The van der Waals surface area contributed by atoms with Gasteiger partial charge in [-0.15, -0.1) is 0 Å². The summed E-state index contributed by atoms with van der Waals surface area (Å²) < 4.78 is 5.04. The number of nitrogens with one attached hydrogen (secondary N) is 1. The predicted octanol–water partition coefficient (Wildman–Crippen LogP) is 3.29. The van der Waals surface area contributed by atoms with Crippen molar-refractivity contribution in [1.29, 1.82) is 0 Å². The maximum Gasteiger partial charge on any atom is 0.133 e. The Kier molecular flexibility index (Phi) is 5.53. The highest BCUT2D eigenvalue weighted by molar-refractivity contribution is 5.03. The fourth-order valence-corrected chi connectivity index (χ4v) is 1.80. The van der Waals surface area contributed by atoms with Crippen molar-refractivity contribution in [1.82, 2.24) is 10.5 Å². The second-order valence-corrected chi connectivity index (χ2v) is 4.66. The Balaban J connectivity index is 2.33. The molecule has 16 heavy (non-hydrogen) atoms. The quantitative estimate of drug-likeness (QED) is 0.772. The summed E-state index contributed by atoms with van der Waals surface area (Å²) in [6, 6.07) is 2.58. The van der Waals surface area contributed by atoms with E-state index in [2.05, 4.69) is 31.2 Å². The van der Waals surface area contributed by atoms with E-state index >= 15 is 0 Å². The Morgan fingerprint density at radius 3 is 2.62 bits per heavy atom. The van der Waals surface area contributed by atoms with Crippen LogP contribution in [0.25, 0.3) is 0 Å². The SMILES string of the molecule is CCC(C)CC(CC)NCc1cc(C)on1. The molecular formula is C13H24N2O. The number of aromatic nitrogens is 1. The fourth-order valence-electron chi connectivity index (χ4n) is 1.80. The van der Waals surface area contributed by atoms with Crippen LogP contribution in [0.5, 0.6) is 0 Å². The highest BCUT2D eigenvalue weighted by Crippen LogP contribution is 2.12. The van der Waals surface area contributed by atoms with E-state index in [1.54, 1.807) is 0 Å². The normalized spacial score (nSPS) is 15.0. The van der Waals surface area contributed by atoms with Crippen LogP contribution in [0.1, 0.15) is 51.5 Å². The van der Waals surface area contributed by atoms with Crippen LogP contribution in [0, 0.1) is 12.8 Å². The summed E-state index contributed by atoms with van der Waals surface area (Å²) in [5.74, 6) is 1.67. The van der Waals surface area contributed by atoms with Gasteiger partial charge in [0.25, 0.3) is 0 Å². The van der Waals surface area contributed by atoms with Crippen molar-refractivity contribution in [3.8, 4) is 0 Å². The van der Waals surface area contributed by atoms with Gasteiger partial charge in [0.1, 0.15) is 5.76 Å². The molecule has 0 amide bonds. The molecular weight excluding hydrogens is 200 g/mol. The molecule has 0 saturated carbocycles. The maximum atomic E-state index is 5.04. The standard InChI is InChI=1S/C13H24N2O/c1-5-10(3)7-12(6-2)14-9-13-8-11(4)16-15-13/h8,10,12,14H,5-7,9H2,1-4H3. The molecule has 0 aliphatic heterocycles. The highest BCUT2D eigenvalue weighted by atomic mass is 16.5. The third-order valence-electron chi connectivity index (χ3n) is 3.13. The molecule has 0 saturated heterocycles. The topological polar surface area (TPSA) is 38.1 Å². The number of nitrogens with zero attached hydrogens (tertiary/aromatic N) is 1. The molecule has 1 N–H and O–H groups in total. The molecule has 3 heteroatoms. The highest BCUT2D eigenvalue weighted by Gasteiger charge is 2.10. The van der Waals surface area contributed by atoms with Gasteiger partial charge in [0, 0.05) is 18.7 Å². The summed E-state index contributed by atoms with van der Waals surface area (Å²) >= 11 is 0. The number of hydrogen-bond acceptors (Lipinski definition) is 3. The molecule has 1 aromatic heterocycles. The van der Waals surface area contributed by atoms with Crippen LogP contribution in [0.15, 0.2) is 10.6 Å². The zero-order chi connectivity index (χ0) is 12.0. The molecule has 3 nitrogen and oxygen atoms in total. The molecule has 0 spiro atoms. The average molecular weight is 224 g/mol. The summed E-state index contributed by atoms with van der Waals surface area (Å²) in [4.78, 5) is 0. The molecule has 2 atom stereocenters. The van der Waals surface area contributed by atoms with Crippen LogP contribution < -0.4 is 5.32 Å². The lowest BCUT2D eigenvalue weighted by molar-refractivity contribution is 0.366. The lowest BCUT2D eigenvalue weighted by Crippen LogP contribution is -2.29. The molecule has 92 valence electrons. The van der Waals surface area contributed by atoms with Crippen LogP contribution in [0.2, 0.25) is 0 Å². The number of aryl methyl sites for hydroxylation is 1.